The van der Waals surface area contributed by atoms with Gasteiger partial charge < -0.3 is 10.0 Å². The van der Waals surface area contributed by atoms with Gasteiger partial charge in [0.15, 0.2) is 0 Å². The zero-order valence-corrected chi connectivity index (χ0v) is 10.9. The van der Waals surface area contributed by atoms with Crippen molar-refractivity contribution in [2.45, 2.75) is 51.6 Å². The summed E-state index contributed by atoms with van der Waals surface area (Å²) in [5.41, 5.74) is -0.592. The predicted molar refractivity (Wildman–Crippen MR) is 65.4 cm³/mol. The summed E-state index contributed by atoms with van der Waals surface area (Å²) >= 11 is 0. The van der Waals surface area contributed by atoms with Crippen LogP contribution in [0.3, 0.4) is 0 Å². The first kappa shape index (κ1) is 11.5. The van der Waals surface area contributed by atoms with Crippen molar-refractivity contribution in [1.82, 2.24) is 4.90 Å². The van der Waals surface area contributed by atoms with E-state index in [-0.39, 0.29) is 5.41 Å². The highest BCUT2D eigenvalue weighted by Gasteiger charge is 2.71. The van der Waals surface area contributed by atoms with Gasteiger partial charge in [-0.25, -0.2) is 0 Å². The number of aliphatic hydroxyl groups is 1. The lowest BCUT2D eigenvalue weighted by Gasteiger charge is -2.67. The lowest BCUT2D eigenvalue weighted by atomic mass is 9.41. The molecule has 1 N–H and O–H groups in total. The largest absolute Gasteiger partial charge is 0.390 e. The fourth-order valence-electron chi connectivity index (χ4n) is 4.07. The maximum atomic E-state index is 12.4. The molecule has 0 unspecified atom stereocenters. The standard InChI is InChI=1S/C14H23NO2/c1-10(2)11-3-5-15(6-4-11)12(16)13-7-14(17,8-13)9-13/h10-11,17H,3-9H2,1-2H3. The minimum Gasteiger partial charge on any atom is -0.390 e. The Morgan fingerprint density at radius 1 is 1.24 bits per heavy atom. The number of amides is 1. The van der Waals surface area contributed by atoms with Crippen molar-refractivity contribution >= 4 is 5.91 Å². The molecule has 4 rings (SSSR count). The Hall–Kier alpha value is -0.570. The molecule has 3 heteroatoms. The maximum absolute atomic E-state index is 12.4. The van der Waals surface area contributed by atoms with E-state index in [1.54, 1.807) is 0 Å². The van der Waals surface area contributed by atoms with Crippen LogP contribution in [0, 0.1) is 17.3 Å². The van der Waals surface area contributed by atoms with Gasteiger partial charge in [-0.05, 0) is 43.9 Å². The van der Waals surface area contributed by atoms with Gasteiger partial charge >= 0.3 is 0 Å². The summed E-state index contributed by atoms with van der Waals surface area (Å²) in [7, 11) is 0. The third-order valence-corrected chi connectivity index (χ3v) is 5.23. The Morgan fingerprint density at radius 2 is 1.76 bits per heavy atom. The highest BCUT2D eigenvalue weighted by atomic mass is 16.3. The molecule has 3 aliphatic carbocycles. The fourth-order valence-corrected chi connectivity index (χ4v) is 4.07. The molecule has 0 aromatic rings. The highest BCUT2D eigenvalue weighted by Crippen LogP contribution is 2.67. The van der Waals surface area contributed by atoms with Gasteiger partial charge in [-0.1, -0.05) is 13.8 Å². The number of likely N-dealkylation sites (tertiary alicyclic amines) is 1. The smallest absolute Gasteiger partial charge is 0.229 e. The van der Waals surface area contributed by atoms with Crippen LogP contribution in [0.4, 0.5) is 0 Å². The number of carbonyl (C=O) groups is 1. The Labute approximate surface area is 103 Å². The summed E-state index contributed by atoms with van der Waals surface area (Å²) in [5.74, 6) is 1.86. The van der Waals surface area contributed by atoms with Crippen LogP contribution in [0.15, 0.2) is 0 Å². The molecular formula is C14H23NO2. The van der Waals surface area contributed by atoms with Crippen LogP contribution in [0.25, 0.3) is 0 Å². The summed E-state index contributed by atoms with van der Waals surface area (Å²) in [6.07, 6.45) is 4.49. The van der Waals surface area contributed by atoms with E-state index in [9.17, 15) is 9.90 Å². The van der Waals surface area contributed by atoms with Crippen molar-refractivity contribution in [3.8, 4) is 0 Å². The van der Waals surface area contributed by atoms with E-state index in [4.69, 9.17) is 0 Å². The fraction of sp³-hybridized carbons (Fsp3) is 0.929. The molecule has 96 valence electrons. The van der Waals surface area contributed by atoms with E-state index in [1.165, 1.54) is 0 Å². The van der Waals surface area contributed by atoms with Crippen LogP contribution >= 0.6 is 0 Å². The number of rotatable bonds is 2. The quantitative estimate of drug-likeness (QED) is 0.795. The van der Waals surface area contributed by atoms with Crippen molar-refractivity contribution in [2.75, 3.05) is 13.1 Å². The summed E-state index contributed by atoms with van der Waals surface area (Å²) in [6, 6.07) is 0. The van der Waals surface area contributed by atoms with Gasteiger partial charge in [-0.15, -0.1) is 0 Å². The molecule has 2 bridgehead atoms. The second-order valence-corrected chi connectivity index (χ2v) is 6.91. The monoisotopic (exact) mass is 237 g/mol. The number of hydrogen-bond acceptors (Lipinski definition) is 2. The average molecular weight is 237 g/mol. The molecule has 0 radical (unpaired) electrons. The van der Waals surface area contributed by atoms with Crippen LogP contribution in [0.5, 0.6) is 0 Å². The molecule has 0 aromatic heterocycles. The Kier molecular flexibility index (Phi) is 2.35. The normalized spacial score (nSPS) is 41.1. The molecule has 1 saturated heterocycles. The Bertz CT molecular complexity index is 322. The highest BCUT2D eigenvalue weighted by molar-refractivity contribution is 5.87. The number of carbonyl (C=O) groups excluding carboxylic acids is 1. The second-order valence-electron chi connectivity index (χ2n) is 6.91. The lowest BCUT2D eigenvalue weighted by molar-refractivity contribution is -0.256. The average Bonchev–Trinajstić information content (AvgIpc) is 2.23. The van der Waals surface area contributed by atoms with Crippen molar-refractivity contribution in [3.05, 3.63) is 0 Å². The molecule has 1 heterocycles. The third kappa shape index (κ3) is 1.62. The molecule has 1 aliphatic heterocycles. The van der Waals surface area contributed by atoms with Crippen LogP contribution in [-0.2, 0) is 4.79 Å². The predicted octanol–water partition coefficient (Wildman–Crippen LogP) is 1.80. The van der Waals surface area contributed by atoms with E-state index < -0.39 is 5.60 Å². The molecule has 4 fully saturated rings. The van der Waals surface area contributed by atoms with E-state index in [2.05, 4.69) is 18.7 Å². The summed E-state index contributed by atoms with van der Waals surface area (Å²) < 4.78 is 0. The minimum absolute atomic E-state index is 0.139. The van der Waals surface area contributed by atoms with Crippen LogP contribution in [-0.4, -0.2) is 34.6 Å². The molecule has 0 atom stereocenters. The van der Waals surface area contributed by atoms with Gasteiger partial charge in [-0.2, -0.15) is 0 Å². The molecule has 3 nitrogen and oxygen atoms in total. The van der Waals surface area contributed by atoms with Gasteiger partial charge in [0, 0.05) is 13.1 Å². The molecule has 0 aromatic carbocycles. The van der Waals surface area contributed by atoms with E-state index in [0.717, 1.165) is 57.0 Å². The van der Waals surface area contributed by atoms with Crippen LogP contribution < -0.4 is 0 Å². The van der Waals surface area contributed by atoms with E-state index in [0.29, 0.717) is 5.91 Å². The molecular weight excluding hydrogens is 214 g/mol. The zero-order chi connectivity index (χ0) is 12.3. The summed E-state index contributed by atoms with van der Waals surface area (Å²) in [4.78, 5) is 14.4. The first-order valence-corrected chi connectivity index (χ1v) is 6.96. The molecule has 1 amide bonds. The van der Waals surface area contributed by atoms with Crippen molar-refractivity contribution in [2.24, 2.45) is 17.3 Å². The van der Waals surface area contributed by atoms with Gasteiger partial charge in [0.25, 0.3) is 0 Å². The minimum atomic E-state index is -0.452. The topological polar surface area (TPSA) is 40.5 Å². The van der Waals surface area contributed by atoms with Crippen molar-refractivity contribution in [1.29, 1.82) is 0 Å². The van der Waals surface area contributed by atoms with Gasteiger partial charge in [0.05, 0.1) is 11.0 Å². The summed E-state index contributed by atoms with van der Waals surface area (Å²) in [5, 5.41) is 9.74. The van der Waals surface area contributed by atoms with E-state index >= 15 is 0 Å². The first-order chi connectivity index (χ1) is 7.94. The molecule has 17 heavy (non-hydrogen) atoms. The van der Waals surface area contributed by atoms with Crippen molar-refractivity contribution < 1.29 is 9.90 Å². The zero-order valence-electron chi connectivity index (χ0n) is 10.9. The Morgan fingerprint density at radius 3 is 2.18 bits per heavy atom. The number of piperidine rings is 1. The number of hydrogen-bond donors (Lipinski definition) is 1. The number of nitrogens with zero attached hydrogens (tertiary/aromatic N) is 1. The van der Waals surface area contributed by atoms with Crippen molar-refractivity contribution in [3.63, 3.8) is 0 Å². The summed E-state index contributed by atoms with van der Waals surface area (Å²) in [6.45, 7) is 6.42. The first-order valence-electron chi connectivity index (χ1n) is 6.96. The lowest BCUT2D eigenvalue weighted by Crippen LogP contribution is -2.72. The second kappa shape index (κ2) is 3.47. The van der Waals surface area contributed by atoms with Gasteiger partial charge in [0.2, 0.25) is 5.91 Å². The van der Waals surface area contributed by atoms with Crippen LogP contribution in [0.2, 0.25) is 0 Å². The Balaban J connectivity index is 1.55. The van der Waals surface area contributed by atoms with Gasteiger partial charge in [-0.3, -0.25) is 4.79 Å². The van der Waals surface area contributed by atoms with Crippen LogP contribution in [0.1, 0.15) is 46.0 Å². The molecule has 0 spiro atoms. The van der Waals surface area contributed by atoms with E-state index in [1.807, 2.05) is 0 Å². The molecule has 4 aliphatic rings. The van der Waals surface area contributed by atoms with Gasteiger partial charge in [0.1, 0.15) is 0 Å². The molecule has 3 saturated carbocycles. The SMILES string of the molecule is CC(C)C1CCN(C(=O)C23CC(O)(C2)C3)CC1. The maximum Gasteiger partial charge on any atom is 0.229 e. The third-order valence-electron chi connectivity index (χ3n) is 5.23.